The van der Waals surface area contributed by atoms with Crippen molar-refractivity contribution in [3.05, 3.63) is 0 Å². The molecule has 0 aromatic heterocycles. The summed E-state index contributed by atoms with van der Waals surface area (Å²) < 4.78 is 0. The van der Waals surface area contributed by atoms with Gasteiger partial charge in [0.05, 0.1) is 0 Å². The second-order valence-corrected chi connectivity index (χ2v) is 8.89. The average Bonchev–Trinajstić information content (AvgIpc) is 2.09. The van der Waals surface area contributed by atoms with E-state index in [0.717, 1.165) is 6.54 Å². The van der Waals surface area contributed by atoms with Crippen molar-refractivity contribution in [2.45, 2.75) is 72.9 Å². The third-order valence-corrected chi connectivity index (χ3v) is 4.37. The minimum absolute atomic E-state index is 0.471. The van der Waals surface area contributed by atoms with E-state index in [0.29, 0.717) is 28.8 Å². The standard InChI is InChI=1S/C17H36N2/c1-13(2)15(11-19(7)8)18-14-9-16(3,4)12-17(5,6)10-14/h13-15,18H,9-12H2,1-8H3. The van der Waals surface area contributed by atoms with Crippen molar-refractivity contribution in [3.63, 3.8) is 0 Å². The fraction of sp³-hybridized carbons (Fsp3) is 1.00. The molecule has 1 fully saturated rings. The summed E-state index contributed by atoms with van der Waals surface area (Å²) in [6.07, 6.45) is 3.97. The Bertz CT molecular complexity index is 263. The van der Waals surface area contributed by atoms with Crippen LogP contribution in [0.4, 0.5) is 0 Å². The highest BCUT2D eigenvalue weighted by molar-refractivity contribution is 4.93. The third kappa shape index (κ3) is 5.83. The second kappa shape index (κ2) is 6.13. The summed E-state index contributed by atoms with van der Waals surface area (Å²) in [5.41, 5.74) is 0.943. The molecule has 2 heteroatoms. The maximum Gasteiger partial charge on any atom is 0.0220 e. The van der Waals surface area contributed by atoms with Crippen molar-refractivity contribution in [1.82, 2.24) is 10.2 Å². The Hall–Kier alpha value is -0.0800. The smallest absolute Gasteiger partial charge is 0.0220 e. The molecule has 0 saturated heterocycles. The second-order valence-electron chi connectivity index (χ2n) is 8.89. The zero-order valence-electron chi connectivity index (χ0n) is 14.5. The molecule has 1 N–H and O–H groups in total. The summed E-state index contributed by atoms with van der Waals surface area (Å²) in [7, 11) is 4.34. The molecule has 0 aliphatic heterocycles. The van der Waals surface area contributed by atoms with Crippen LogP contribution in [0.5, 0.6) is 0 Å². The lowest BCUT2D eigenvalue weighted by atomic mass is 9.63. The molecule has 0 heterocycles. The maximum atomic E-state index is 3.96. The van der Waals surface area contributed by atoms with Gasteiger partial charge in [0.25, 0.3) is 0 Å². The lowest BCUT2D eigenvalue weighted by Crippen LogP contribution is -2.51. The average molecular weight is 268 g/mol. The van der Waals surface area contributed by atoms with Gasteiger partial charge >= 0.3 is 0 Å². The van der Waals surface area contributed by atoms with Crippen LogP contribution in [0.3, 0.4) is 0 Å². The van der Waals surface area contributed by atoms with E-state index in [4.69, 9.17) is 0 Å². The Morgan fingerprint density at radius 3 is 1.89 bits per heavy atom. The first kappa shape index (κ1) is 17.0. The van der Waals surface area contributed by atoms with E-state index < -0.39 is 0 Å². The van der Waals surface area contributed by atoms with Crippen molar-refractivity contribution >= 4 is 0 Å². The van der Waals surface area contributed by atoms with E-state index in [2.05, 4.69) is 65.9 Å². The Kier molecular flexibility index (Phi) is 5.48. The third-order valence-electron chi connectivity index (χ3n) is 4.37. The van der Waals surface area contributed by atoms with E-state index in [1.807, 2.05) is 0 Å². The normalized spacial score (nSPS) is 24.9. The molecule has 0 radical (unpaired) electrons. The zero-order chi connectivity index (χ0) is 14.8. The van der Waals surface area contributed by atoms with E-state index in [1.54, 1.807) is 0 Å². The predicted octanol–water partition coefficient (Wildman–Crippen LogP) is 3.77. The van der Waals surface area contributed by atoms with E-state index in [9.17, 15) is 0 Å². The molecular formula is C17H36N2. The summed E-state index contributed by atoms with van der Waals surface area (Å²) in [6.45, 7) is 15.5. The van der Waals surface area contributed by atoms with Gasteiger partial charge in [-0.2, -0.15) is 0 Å². The fourth-order valence-electron chi connectivity index (χ4n) is 4.12. The molecule has 1 saturated carbocycles. The highest BCUT2D eigenvalue weighted by Crippen LogP contribution is 2.45. The first-order valence-electron chi connectivity index (χ1n) is 7.91. The summed E-state index contributed by atoms with van der Waals surface area (Å²) in [5, 5.41) is 3.96. The van der Waals surface area contributed by atoms with Gasteiger partial charge in [0.1, 0.15) is 0 Å². The first-order valence-corrected chi connectivity index (χ1v) is 7.91. The molecule has 0 aromatic carbocycles. The lowest BCUT2D eigenvalue weighted by Gasteiger charge is -2.46. The molecule has 19 heavy (non-hydrogen) atoms. The van der Waals surface area contributed by atoms with Gasteiger partial charge in [0.2, 0.25) is 0 Å². The molecule has 1 aliphatic carbocycles. The van der Waals surface area contributed by atoms with Crippen LogP contribution in [0.15, 0.2) is 0 Å². The quantitative estimate of drug-likeness (QED) is 0.816. The SMILES string of the molecule is CC(C)C(CN(C)C)NC1CC(C)(C)CC(C)(C)C1. The van der Waals surface area contributed by atoms with Gasteiger partial charge in [-0.05, 0) is 50.1 Å². The Morgan fingerprint density at radius 2 is 1.53 bits per heavy atom. The number of nitrogens with one attached hydrogen (secondary N) is 1. The first-order chi connectivity index (χ1) is 8.51. The number of nitrogens with zero attached hydrogens (tertiary/aromatic N) is 1. The van der Waals surface area contributed by atoms with Crippen LogP contribution in [0.2, 0.25) is 0 Å². The van der Waals surface area contributed by atoms with Gasteiger partial charge in [-0.15, -0.1) is 0 Å². The maximum absolute atomic E-state index is 3.96. The van der Waals surface area contributed by atoms with Gasteiger partial charge in [-0.1, -0.05) is 41.5 Å². The predicted molar refractivity (Wildman–Crippen MR) is 85.5 cm³/mol. The van der Waals surface area contributed by atoms with Crippen LogP contribution in [0.25, 0.3) is 0 Å². The topological polar surface area (TPSA) is 15.3 Å². The van der Waals surface area contributed by atoms with Crippen molar-refractivity contribution < 1.29 is 0 Å². The molecule has 0 aromatic rings. The highest BCUT2D eigenvalue weighted by atomic mass is 15.1. The van der Waals surface area contributed by atoms with Crippen LogP contribution >= 0.6 is 0 Å². The summed E-state index contributed by atoms with van der Waals surface area (Å²) in [4.78, 5) is 2.30. The minimum atomic E-state index is 0.471. The molecule has 1 aliphatic rings. The van der Waals surface area contributed by atoms with Crippen molar-refractivity contribution in [1.29, 1.82) is 0 Å². The monoisotopic (exact) mass is 268 g/mol. The van der Waals surface area contributed by atoms with E-state index in [-0.39, 0.29) is 0 Å². The largest absolute Gasteiger partial charge is 0.310 e. The zero-order valence-corrected chi connectivity index (χ0v) is 14.5. The summed E-state index contributed by atoms with van der Waals surface area (Å²) in [5.74, 6) is 0.690. The molecular weight excluding hydrogens is 232 g/mol. The number of hydrogen-bond acceptors (Lipinski definition) is 2. The van der Waals surface area contributed by atoms with Crippen LogP contribution in [-0.4, -0.2) is 37.6 Å². The van der Waals surface area contributed by atoms with Crippen molar-refractivity contribution in [2.24, 2.45) is 16.7 Å². The van der Waals surface area contributed by atoms with Crippen LogP contribution in [0, 0.1) is 16.7 Å². The summed E-state index contributed by atoms with van der Waals surface area (Å²) >= 11 is 0. The molecule has 1 atom stereocenters. The molecule has 114 valence electrons. The Balaban J connectivity index is 2.68. The number of rotatable bonds is 5. The van der Waals surface area contributed by atoms with Crippen LogP contribution in [0.1, 0.15) is 60.8 Å². The molecule has 2 nitrogen and oxygen atoms in total. The van der Waals surface area contributed by atoms with Crippen LogP contribution in [-0.2, 0) is 0 Å². The lowest BCUT2D eigenvalue weighted by molar-refractivity contribution is 0.0746. The van der Waals surface area contributed by atoms with E-state index in [1.165, 1.54) is 19.3 Å². The van der Waals surface area contributed by atoms with Crippen molar-refractivity contribution in [3.8, 4) is 0 Å². The molecule has 0 bridgehead atoms. The molecule has 0 spiro atoms. The van der Waals surface area contributed by atoms with Gasteiger partial charge in [-0.25, -0.2) is 0 Å². The highest BCUT2D eigenvalue weighted by Gasteiger charge is 2.39. The number of hydrogen-bond donors (Lipinski definition) is 1. The van der Waals surface area contributed by atoms with E-state index >= 15 is 0 Å². The van der Waals surface area contributed by atoms with Gasteiger partial charge < -0.3 is 10.2 Å². The molecule has 1 unspecified atom stereocenters. The summed E-state index contributed by atoms with van der Waals surface area (Å²) in [6, 6.07) is 1.27. The van der Waals surface area contributed by atoms with Gasteiger partial charge in [-0.3, -0.25) is 0 Å². The molecule has 0 amide bonds. The minimum Gasteiger partial charge on any atom is -0.310 e. The van der Waals surface area contributed by atoms with Crippen LogP contribution < -0.4 is 5.32 Å². The fourth-order valence-corrected chi connectivity index (χ4v) is 4.12. The van der Waals surface area contributed by atoms with Gasteiger partial charge in [0, 0.05) is 18.6 Å². The molecule has 1 rings (SSSR count). The van der Waals surface area contributed by atoms with Gasteiger partial charge in [0.15, 0.2) is 0 Å². The Labute approximate surface area is 121 Å². The number of likely N-dealkylation sites (N-methyl/N-ethyl adjacent to an activating group) is 1. The van der Waals surface area contributed by atoms with Crippen molar-refractivity contribution in [2.75, 3.05) is 20.6 Å². The Morgan fingerprint density at radius 1 is 1.05 bits per heavy atom.